The van der Waals surface area contributed by atoms with Crippen molar-refractivity contribution >= 4 is 11.4 Å². The van der Waals surface area contributed by atoms with Crippen molar-refractivity contribution in [2.75, 3.05) is 13.2 Å². The van der Waals surface area contributed by atoms with E-state index >= 15 is 0 Å². The van der Waals surface area contributed by atoms with Gasteiger partial charge in [0.05, 0.1) is 13.2 Å². The molecule has 2 saturated heterocycles. The van der Waals surface area contributed by atoms with Gasteiger partial charge in [0.25, 0.3) is 0 Å². The van der Waals surface area contributed by atoms with Crippen molar-refractivity contribution in [2.45, 2.75) is 18.3 Å². The van der Waals surface area contributed by atoms with E-state index in [4.69, 9.17) is 8.92 Å². The number of aliphatic hydroxyl groups excluding tert-OH is 1. The van der Waals surface area contributed by atoms with Gasteiger partial charge < -0.3 is 9.84 Å². The van der Waals surface area contributed by atoms with E-state index in [2.05, 4.69) is 4.18 Å². The summed E-state index contributed by atoms with van der Waals surface area (Å²) >= 11 is -1.71. The second-order valence-corrected chi connectivity index (χ2v) is 3.33. The predicted molar refractivity (Wildman–Crippen MR) is 34.7 cm³/mol. The van der Waals surface area contributed by atoms with Gasteiger partial charge in [-0.3, -0.25) is 8.37 Å². The van der Waals surface area contributed by atoms with Crippen molar-refractivity contribution in [1.82, 2.24) is 0 Å². The van der Waals surface area contributed by atoms with Crippen LogP contribution in [0, 0.1) is 0 Å². The minimum Gasteiger partial charge on any atom is -0.388 e. The molecule has 0 aliphatic carbocycles. The summed E-state index contributed by atoms with van der Waals surface area (Å²) in [6, 6.07) is 0. The number of rotatable bonds is 0. The average molecular weight is 180 g/mol. The van der Waals surface area contributed by atoms with Crippen LogP contribution >= 0.6 is 0 Å². The number of hydrogen-bond donors (Lipinski definition) is 1. The molecular weight excluding hydrogens is 172 g/mol. The van der Waals surface area contributed by atoms with Crippen molar-refractivity contribution in [3.63, 3.8) is 0 Å². The highest BCUT2D eigenvalue weighted by Gasteiger charge is 2.42. The Morgan fingerprint density at radius 1 is 1.45 bits per heavy atom. The zero-order valence-corrected chi connectivity index (χ0v) is 6.45. The first-order valence-corrected chi connectivity index (χ1v) is 4.29. The molecule has 4 unspecified atom stereocenters. The van der Waals surface area contributed by atoms with Gasteiger partial charge >= 0.3 is 11.4 Å². The Hall–Kier alpha value is -0.0100. The quantitative estimate of drug-likeness (QED) is 0.504. The van der Waals surface area contributed by atoms with Crippen molar-refractivity contribution < 1.29 is 22.4 Å². The van der Waals surface area contributed by atoms with E-state index in [0.29, 0.717) is 0 Å². The number of hydrogen-bond acceptors (Lipinski definition) is 5. The molecule has 0 amide bonds. The van der Waals surface area contributed by atoms with Gasteiger partial charge in [-0.1, -0.05) is 0 Å². The molecule has 5 nitrogen and oxygen atoms in total. The average Bonchev–Trinajstić information content (AvgIpc) is 2.33. The van der Waals surface area contributed by atoms with Gasteiger partial charge in [-0.25, -0.2) is 0 Å². The Morgan fingerprint density at radius 2 is 2.27 bits per heavy atom. The van der Waals surface area contributed by atoms with Crippen LogP contribution in [0.4, 0.5) is 0 Å². The summed E-state index contributed by atoms with van der Waals surface area (Å²) in [6.07, 6.45) is -1.42. The highest BCUT2D eigenvalue weighted by molar-refractivity contribution is 7.75. The lowest BCUT2D eigenvalue weighted by molar-refractivity contribution is -0.0150. The molecule has 0 radical (unpaired) electrons. The number of aliphatic hydroxyl groups is 1. The fourth-order valence-electron chi connectivity index (χ4n) is 1.17. The lowest BCUT2D eigenvalue weighted by Crippen LogP contribution is -2.41. The molecular formula is C5H8O5S. The second-order valence-electron chi connectivity index (χ2n) is 2.49. The van der Waals surface area contributed by atoms with E-state index in [1.165, 1.54) is 0 Å². The summed E-state index contributed by atoms with van der Waals surface area (Å²) in [5, 5.41) is 9.20. The van der Waals surface area contributed by atoms with E-state index in [1.54, 1.807) is 0 Å². The molecule has 64 valence electrons. The third-order valence-corrected chi connectivity index (χ3v) is 2.45. The van der Waals surface area contributed by atoms with Crippen LogP contribution in [-0.4, -0.2) is 40.8 Å². The molecule has 2 heterocycles. The van der Waals surface area contributed by atoms with Gasteiger partial charge in [-0.15, -0.1) is 0 Å². The second kappa shape index (κ2) is 2.80. The van der Waals surface area contributed by atoms with E-state index < -0.39 is 23.6 Å². The van der Waals surface area contributed by atoms with Crippen LogP contribution in [0.2, 0.25) is 0 Å². The molecule has 6 heteroatoms. The van der Waals surface area contributed by atoms with Crippen LogP contribution < -0.4 is 0 Å². The van der Waals surface area contributed by atoms with E-state index in [0.717, 1.165) is 0 Å². The summed E-state index contributed by atoms with van der Waals surface area (Å²) in [6.45, 7) is 0.463. The smallest absolute Gasteiger partial charge is 0.305 e. The largest absolute Gasteiger partial charge is 0.388 e. The molecule has 2 aliphatic rings. The van der Waals surface area contributed by atoms with E-state index in [1.807, 2.05) is 0 Å². The normalized spacial score (nSPS) is 50.6. The Morgan fingerprint density at radius 3 is 3.09 bits per heavy atom. The molecule has 2 rings (SSSR count). The molecule has 0 aromatic heterocycles. The lowest BCUT2D eigenvalue weighted by atomic mass is 10.2. The van der Waals surface area contributed by atoms with Gasteiger partial charge in [-0.2, -0.15) is 4.21 Å². The van der Waals surface area contributed by atoms with Crippen LogP contribution in [0.15, 0.2) is 0 Å². The van der Waals surface area contributed by atoms with E-state index in [-0.39, 0.29) is 19.3 Å². The standard InChI is InChI=1S/C5H8O5S/c6-3-1-8-4-2-9-11(7)10-5(3)4/h3-6H,1-2H2. The zero-order valence-electron chi connectivity index (χ0n) is 5.63. The molecule has 11 heavy (non-hydrogen) atoms. The van der Waals surface area contributed by atoms with Crippen molar-refractivity contribution in [3.8, 4) is 0 Å². The van der Waals surface area contributed by atoms with Gasteiger partial charge in [0.1, 0.15) is 18.3 Å². The topological polar surface area (TPSA) is 65.0 Å². The maximum Gasteiger partial charge on any atom is 0.305 e. The number of fused-ring (bicyclic) bond motifs is 1. The molecule has 0 saturated carbocycles. The molecule has 1 N–H and O–H groups in total. The van der Waals surface area contributed by atoms with Crippen LogP contribution in [0.25, 0.3) is 0 Å². The molecule has 4 atom stereocenters. The highest BCUT2D eigenvalue weighted by Crippen LogP contribution is 2.23. The van der Waals surface area contributed by atoms with Gasteiger partial charge in [0, 0.05) is 0 Å². The third-order valence-electron chi connectivity index (χ3n) is 1.74. The first-order chi connectivity index (χ1) is 5.27. The summed E-state index contributed by atoms with van der Waals surface area (Å²) in [5.41, 5.74) is 0. The summed E-state index contributed by atoms with van der Waals surface area (Å²) in [5.74, 6) is 0. The molecule has 2 fully saturated rings. The highest BCUT2D eigenvalue weighted by atomic mass is 32.2. The number of ether oxygens (including phenoxy) is 1. The fourth-order valence-corrected chi connectivity index (χ4v) is 1.90. The van der Waals surface area contributed by atoms with Gasteiger partial charge in [-0.05, 0) is 0 Å². The third kappa shape index (κ3) is 1.32. The molecule has 0 aromatic carbocycles. The Bertz CT molecular complexity index is 184. The first kappa shape index (κ1) is 7.63. The van der Waals surface area contributed by atoms with Crippen molar-refractivity contribution in [2.24, 2.45) is 0 Å². The minimum absolute atomic E-state index is 0.230. The SMILES string of the molecule is O=S1OCC2OCC(O)C2O1. The van der Waals surface area contributed by atoms with Gasteiger partial charge in [0.2, 0.25) is 0 Å². The molecule has 0 bridgehead atoms. The van der Waals surface area contributed by atoms with Crippen LogP contribution in [0.5, 0.6) is 0 Å². The van der Waals surface area contributed by atoms with Crippen molar-refractivity contribution in [3.05, 3.63) is 0 Å². The minimum atomic E-state index is -1.71. The Labute approximate surface area is 66.1 Å². The molecule has 2 aliphatic heterocycles. The zero-order chi connectivity index (χ0) is 7.84. The first-order valence-electron chi connectivity index (χ1n) is 3.29. The maximum absolute atomic E-state index is 10.7. The summed E-state index contributed by atoms with van der Waals surface area (Å²) < 4.78 is 25.2. The molecule has 0 aromatic rings. The fraction of sp³-hybridized carbons (Fsp3) is 1.00. The summed E-state index contributed by atoms with van der Waals surface area (Å²) in [7, 11) is 0. The Balaban J connectivity index is 2.07. The lowest BCUT2D eigenvalue weighted by Gasteiger charge is -2.23. The van der Waals surface area contributed by atoms with Crippen LogP contribution in [0.3, 0.4) is 0 Å². The Kier molecular flexibility index (Phi) is 1.94. The maximum atomic E-state index is 10.7. The van der Waals surface area contributed by atoms with Gasteiger partial charge in [0.15, 0.2) is 0 Å². The van der Waals surface area contributed by atoms with Crippen molar-refractivity contribution in [1.29, 1.82) is 0 Å². The monoisotopic (exact) mass is 180 g/mol. The predicted octanol–water partition coefficient (Wildman–Crippen LogP) is -1.26. The van der Waals surface area contributed by atoms with Crippen LogP contribution in [0.1, 0.15) is 0 Å². The van der Waals surface area contributed by atoms with Crippen LogP contribution in [-0.2, 0) is 24.5 Å². The van der Waals surface area contributed by atoms with E-state index in [9.17, 15) is 9.32 Å². The molecule has 0 spiro atoms. The summed E-state index contributed by atoms with van der Waals surface area (Å²) in [4.78, 5) is 0.